The molecule has 0 bridgehead atoms. The maximum absolute atomic E-state index is 6.36. The molecule has 3 heteroatoms. The van der Waals surface area contributed by atoms with Crippen LogP contribution in [0.1, 0.15) is 57.4 Å². The van der Waals surface area contributed by atoms with Gasteiger partial charge in [-0.1, -0.05) is 73.7 Å². The van der Waals surface area contributed by atoms with Gasteiger partial charge in [-0.05, 0) is 93.6 Å². The first-order chi connectivity index (χ1) is 16.3. The number of aryl methyl sites for hydroxylation is 1. The van der Waals surface area contributed by atoms with Crippen molar-refractivity contribution in [1.29, 1.82) is 0 Å². The van der Waals surface area contributed by atoms with Crippen LogP contribution in [0.3, 0.4) is 0 Å². The van der Waals surface area contributed by atoms with Crippen LogP contribution in [0, 0.1) is 5.92 Å². The highest BCUT2D eigenvalue weighted by Crippen LogP contribution is 2.25. The molecule has 0 aliphatic heterocycles. The van der Waals surface area contributed by atoms with Gasteiger partial charge in [-0.25, -0.2) is 0 Å². The van der Waals surface area contributed by atoms with Crippen molar-refractivity contribution in [2.75, 3.05) is 32.8 Å². The first-order valence-corrected chi connectivity index (χ1v) is 13.1. The van der Waals surface area contributed by atoms with Crippen LogP contribution in [-0.2, 0) is 11.2 Å². The molecule has 0 fully saturated rings. The quantitative estimate of drug-likeness (QED) is 0.297. The first-order valence-electron chi connectivity index (χ1n) is 13.1. The van der Waals surface area contributed by atoms with Gasteiger partial charge in [0.15, 0.2) is 0 Å². The molecule has 1 aromatic rings. The predicted molar refractivity (Wildman–Crippen MR) is 142 cm³/mol. The Hall–Kier alpha value is -1.94. The van der Waals surface area contributed by atoms with Crippen molar-refractivity contribution in [3.8, 4) is 0 Å². The van der Waals surface area contributed by atoms with E-state index in [-0.39, 0.29) is 6.10 Å². The zero-order valence-corrected chi connectivity index (χ0v) is 20.6. The zero-order chi connectivity index (χ0) is 23.0. The molecule has 0 aromatic heterocycles. The standard InChI is InChI=1S/C30H44N2O/c1-26(13-11-21-31-22-12-16-27-14-5-2-6-15-27)25-32-23-24-33-30(28-17-7-3-8-18-28)29-19-9-4-10-20-29/h2,5-7,9,14-15,17-20,26,30-32H,3-4,8,10-13,16,21-25H2,1H3. The summed E-state index contributed by atoms with van der Waals surface area (Å²) < 4.78 is 6.36. The highest BCUT2D eigenvalue weighted by atomic mass is 16.5. The molecular weight excluding hydrogens is 404 g/mol. The van der Waals surface area contributed by atoms with E-state index in [1.807, 2.05) is 0 Å². The molecule has 2 aliphatic rings. The van der Waals surface area contributed by atoms with Crippen LogP contribution in [0.15, 0.2) is 77.9 Å². The second-order valence-electron chi connectivity index (χ2n) is 9.41. The fourth-order valence-corrected chi connectivity index (χ4v) is 4.50. The zero-order valence-electron chi connectivity index (χ0n) is 20.6. The highest BCUT2D eigenvalue weighted by Gasteiger charge is 2.18. The Balaban J connectivity index is 1.22. The molecule has 0 saturated heterocycles. The normalized spacial score (nSPS) is 16.7. The van der Waals surface area contributed by atoms with Crippen LogP contribution in [-0.4, -0.2) is 38.9 Å². The third-order valence-electron chi connectivity index (χ3n) is 6.42. The molecule has 0 radical (unpaired) electrons. The lowest BCUT2D eigenvalue weighted by Crippen LogP contribution is -2.28. The summed E-state index contributed by atoms with van der Waals surface area (Å²) >= 11 is 0. The molecule has 1 atom stereocenters. The molecule has 1 aromatic carbocycles. The van der Waals surface area contributed by atoms with E-state index in [9.17, 15) is 0 Å². The Bertz CT molecular complexity index is 746. The Morgan fingerprint density at radius 1 is 0.818 bits per heavy atom. The van der Waals surface area contributed by atoms with Crippen LogP contribution >= 0.6 is 0 Å². The van der Waals surface area contributed by atoms with Gasteiger partial charge in [0.2, 0.25) is 0 Å². The molecule has 3 rings (SSSR count). The molecular formula is C30H44N2O. The van der Waals surface area contributed by atoms with Crippen molar-refractivity contribution < 1.29 is 4.74 Å². The van der Waals surface area contributed by atoms with E-state index in [0.29, 0.717) is 5.92 Å². The van der Waals surface area contributed by atoms with Gasteiger partial charge in [0.05, 0.1) is 6.61 Å². The van der Waals surface area contributed by atoms with Gasteiger partial charge >= 0.3 is 0 Å². The monoisotopic (exact) mass is 448 g/mol. The molecule has 180 valence electrons. The number of nitrogens with one attached hydrogen (secondary N) is 2. The molecule has 3 nitrogen and oxygen atoms in total. The Morgan fingerprint density at radius 2 is 1.52 bits per heavy atom. The van der Waals surface area contributed by atoms with Crippen LogP contribution < -0.4 is 10.6 Å². The lowest BCUT2D eigenvalue weighted by atomic mass is 9.93. The van der Waals surface area contributed by atoms with Crippen LogP contribution in [0.2, 0.25) is 0 Å². The second kappa shape index (κ2) is 15.8. The van der Waals surface area contributed by atoms with Crippen LogP contribution in [0.25, 0.3) is 0 Å². The van der Waals surface area contributed by atoms with Gasteiger partial charge < -0.3 is 15.4 Å². The van der Waals surface area contributed by atoms with Crippen molar-refractivity contribution in [3.05, 3.63) is 83.5 Å². The number of ether oxygens (including phenoxy) is 1. The number of benzene rings is 1. The molecule has 33 heavy (non-hydrogen) atoms. The SMILES string of the molecule is CC(CCCNCCCc1ccccc1)CNCCOC(C1=CCCC=C1)C1=CCCC=C1. The van der Waals surface area contributed by atoms with Crippen LogP contribution in [0.4, 0.5) is 0 Å². The topological polar surface area (TPSA) is 33.3 Å². The molecule has 0 saturated carbocycles. The summed E-state index contributed by atoms with van der Waals surface area (Å²) in [4.78, 5) is 0. The highest BCUT2D eigenvalue weighted by molar-refractivity contribution is 5.39. The van der Waals surface area contributed by atoms with E-state index in [1.165, 1.54) is 36.0 Å². The average molecular weight is 449 g/mol. The van der Waals surface area contributed by atoms with Gasteiger partial charge in [-0.15, -0.1) is 0 Å². The van der Waals surface area contributed by atoms with E-state index < -0.39 is 0 Å². The molecule has 2 aliphatic carbocycles. The Labute approximate surface area is 202 Å². The maximum Gasteiger partial charge on any atom is 0.107 e. The van der Waals surface area contributed by atoms with Crippen molar-refractivity contribution in [1.82, 2.24) is 10.6 Å². The van der Waals surface area contributed by atoms with E-state index >= 15 is 0 Å². The van der Waals surface area contributed by atoms with Gasteiger partial charge in [-0.2, -0.15) is 0 Å². The van der Waals surface area contributed by atoms with E-state index in [0.717, 1.165) is 64.9 Å². The lowest BCUT2D eigenvalue weighted by molar-refractivity contribution is 0.105. The summed E-state index contributed by atoms with van der Waals surface area (Å²) in [5.41, 5.74) is 4.08. The van der Waals surface area contributed by atoms with Gasteiger partial charge in [0.25, 0.3) is 0 Å². The van der Waals surface area contributed by atoms with E-state index in [4.69, 9.17) is 4.74 Å². The third kappa shape index (κ3) is 10.2. The summed E-state index contributed by atoms with van der Waals surface area (Å²) in [7, 11) is 0. The lowest BCUT2D eigenvalue weighted by Gasteiger charge is -2.24. The summed E-state index contributed by atoms with van der Waals surface area (Å²) in [6, 6.07) is 10.8. The van der Waals surface area contributed by atoms with Gasteiger partial charge in [0, 0.05) is 6.54 Å². The Morgan fingerprint density at radius 3 is 2.18 bits per heavy atom. The van der Waals surface area contributed by atoms with E-state index in [2.05, 4.69) is 84.3 Å². The van der Waals surface area contributed by atoms with Gasteiger partial charge in [0.1, 0.15) is 6.10 Å². The fourth-order valence-electron chi connectivity index (χ4n) is 4.50. The Kier molecular flexibility index (Phi) is 12.3. The minimum atomic E-state index is 0.0882. The minimum Gasteiger partial charge on any atom is -0.367 e. The molecule has 0 heterocycles. The van der Waals surface area contributed by atoms with Crippen molar-refractivity contribution >= 4 is 0 Å². The smallest absolute Gasteiger partial charge is 0.107 e. The number of hydrogen-bond donors (Lipinski definition) is 2. The largest absolute Gasteiger partial charge is 0.367 e. The summed E-state index contributed by atoms with van der Waals surface area (Å²) in [6.45, 7) is 7.30. The van der Waals surface area contributed by atoms with E-state index in [1.54, 1.807) is 0 Å². The molecule has 1 unspecified atom stereocenters. The molecule has 0 spiro atoms. The first kappa shape index (κ1) is 25.7. The number of hydrogen-bond acceptors (Lipinski definition) is 3. The summed E-state index contributed by atoms with van der Waals surface area (Å²) in [6.07, 6.45) is 23.3. The third-order valence-corrected chi connectivity index (χ3v) is 6.42. The van der Waals surface area contributed by atoms with Crippen molar-refractivity contribution in [2.24, 2.45) is 5.92 Å². The number of allylic oxidation sites excluding steroid dienone is 4. The maximum atomic E-state index is 6.36. The average Bonchev–Trinajstić information content (AvgIpc) is 2.87. The predicted octanol–water partition coefficient (Wildman–Crippen LogP) is 6.15. The van der Waals surface area contributed by atoms with Gasteiger partial charge in [-0.3, -0.25) is 0 Å². The minimum absolute atomic E-state index is 0.0882. The summed E-state index contributed by atoms with van der Waals surface area (Å²) in [5, 5.41) is 7.21. The molecule has 2 N–H and O–H groups in total. The van der Waals surface area contributed by atoms with Crippen molar-refractivity contribution in [2.45, 2.75) is 64.4 Å². The van der Waals surface area contributed by atoms with Crippen LogP contribution in [0.5, 0.6) is 0 Å². The molecule has 0 amide bonds. The second-order valence-corrected chi connectivity index (χ2v) is 9.41. The number of rotatable bonds is 16. The fraction of sp³-hybridized carbons (Fsp3) is 0.533. The summed E-state index contributed by atoms with van der Waals surface area (Å²) in [5.74, 6) is 0.694. The van der Waals surface area contributed by atoms with Crippen molar-refractivity contribution in [3.63, 3.8) is 0 Å².